The Balaban J connectivity index is 1.51. The first kappa shape index (κ1) is 14.0. The van der Waals surface area contributed by atoms with E-state index in [0.717, 1.165) is 19.0 Å². The lowest BCUT2D eigenvalue weighted by molar-refractivity contribution is 0.225. The van der Waals surface area contributed by atoms with E-state index < -0.39 is 0 Å². The summed E-state index contributed by atoms with van der Waals surface area (Å²) in [4.78, 5) is 2.56. The molecule has 1 saturated heterocycles. The Morgan fingerprint density at radius 2 is 1.80 bits per heavy atom. The number of hydrogen-bond acceptors (Lipinski definition) is 2. The van der Waals surface area contributed by atoms with Crippen LogP contribution in [-0.4, -0.2) is 31.1 Å². The van der Waals surface area contributed by atoms with Crippen LogP contribution < -0.4 is 5.32 Å². The maximum absolute atomic E-state index is 13.0. The summed E-state index contributed by atoms with van der Waals surface area (Å²) in [6.45, 7) is 4.70. The van der Waals surface area contributed by atoms with Gasteiger partial charge >= 0.3 is 0 Å². The third-order valence-corrected chi connectivity index (χ3v) is 4.56. The minimum atomic E-state index is -0.142. The van der Waals surface area contributed by atoms with Crippen molar-refractivity contribution in [2.75, 3.05) is 26.2 Å². The number of piperidine rings is 1. The summed E-state index contributed by atoms with van der Waals surface area (Å²) in [6.07, 6.45) is 6.70. The second kappa shape index (κ2) is 6.68. The predicted molar refractivity (Wildman–Crippen MR) is 80.2 cm³/mol. The van der Waals surface area contributed by atoms with Gasteiger partial charge in [0.1, 0.15) is 5.82 Å². The summed E-state index contributed by atoms with van der Waals surface area (Å²) in [5.74, 6) is 0.610. The van der Waals surface area contributed by atoms with Crippen LogP contribution >= 0.6 is 0 Å². The molecule has 1 atom stereocenters. The molecule has 3 rings (SSSR count). The number of nitrogens with zero attached hydrogens (tertiary/aromatic N) is 1. The Bertz CT molecular complexity index is 408. The first-order valence-electron chi connectivity index (χ1n) is 8.04. The van der Waals surface area contributed by atoms with Gasteiger partial charge in [-0.3, -0.25) is 0 Å². The third kappa shape index (κ3) is 3.80. The molecular formula is C17H25FN2. The highest BCUT2D eigenvalue weighted by atomic mass is 19.1. The lowest BCUT2D eigenvalue weighted by Gasteiger charge is -2.27. The van der Waals surface area contributed by atoms with Crippen molar-refractivity contribution < 1.29 is 4.39 Å². The van der Waals surface area contributed by atoms with Crippen LogP contribution in [-0.2, 0) is 0 Å². The third-order valence-electron chi connectivity index (χ3n) is 4.56. The minimum Gasteiger partial charge on any atom is -0.308 e. The molecule has 2 aliphatic rings. The second-order valence-electron chi connectivity index (χ2n) is 6.22. The summed E-state index contributed by atoms with van der Waals surface area (Å²) in [5.41, 5.74) is 1.24. The number of halogens is 1. The van der Waals surface area contributed by atoms with Crippen LogP contribution in [0.1, 0.15) is 43.7 Å². The van der Waals surface area contributed by atoms with Crippen LogP contribution in [0.3, 0.4) is 0 Å². The fourth-order valence-electron chi connectivity index (χ4n) is 3.22. The monoisotopic (exact) mass is 276 g/mol. The number of nitrogens with one attached hydrogen (secondary N) is 1. The maximum atomic E-state index is 13.0. The molecule has 1 aliphatic carbocycles. The lowest BCUT2D eigenvalue weighted by atomic mass is 10.0. The Labute approximate surface area is 121 Å². The molecule has 2 nitrogen and oxygen atoms in total. The number of benzene rings is 1. The SMILES string of the molecule is Fc1ccc(C(NCCN2CCCCC2)C2CC2)cc1. The molecule has 1 heterocycles. The summed E-state index contributed by atoms with van der Waals surface area (Å²) in [6, 6.07) is 7.45. The van der Waals surface area contributed by atoms with Gasteiger partial charge in [-0.1, -0.05) is 18.6 Å². The van der Waals surface area contributed by atoms with E-state index >= 15 is 0 Å². The van der Waals surface area contributed by atoms with E-state index in [2.05, 4.69) is 10.2 Å². The van der Waals surface area contributed by atoms with E-state index in [-0.39, 0.29) is 5.82 Å². The highest BCUT2D eigenvalue weighted by Gasteiger charge is 2.31. The van der Waals surface area contributed by atoms with Crippen LogP contribution in [0.2, 0.25) is 0 Å². The molecule has 0 aromatic heterocycles. The van der Waals surface area contributed by atoms with Crippen molar-refractivity contribution in [3.8, 4) is 0 Å². The summed E-state index contributed by atoms with van der Waals surface area (Å²) < 4.78 is 13.0. The molecule has 110 valence electrons. The fourth-order valence-corrected chi connectivity index (χ4v) is 3.22. The van der Waals surface area contributed by atoms with Crippen LogP contribution in [0.25, 0.3) is 0 Å². The minimum absolute atomic E-state index is 0.142. The van der Waals surface area contributed by atoms with Gasteiger partial charge in [-0.2, -0.15) is 0 Å². The van der Waals surface area contributed by atoms with Gasteiger partial charge in [0, 0.05) is 19.1 Å². The second-order valence-corrected chi connectivity index (χ2v) is 6.22. The molecule has 3 heteroatoms. The van der Waals surface area contributed by atoms with Gasteiger partial charge in [-0.05, 0) is 62.4 Å². The summed E-state index contributed by atoms with van der Waals surface area (Å²) in [7, 11) is 0. The van der Waals surface area contributed by atoms with Gasteiger partial charge in [0.15, 0.2) is 0 Å². The highest BCUT2D eigenvalue weighted by Crippen LogP contribution is 2.40. The van der Waals surface area contributed by atoms with Crippen LogP contribution in [0.5, 0.6) is 0 Å². The van der Waals surface area contributed by atoms with E-state index in [1.165, 1.54) is 50.8 Å². The van der Waals surface area contributed by atoms with Gasteiger partial charge < -0.3 is 10.2 Å². The fraction of sp³-hybridized carbons (Fsp3) is 0.647. The standard InChI is InChI=1S/C17H25FN2/c18-16-8-6-15(7-9-16)17(14-4-5-14)19-10-13-20-11-2-1-3-12-20/h6-9,14,17,19H,1-5,10-13H2. The van der Waals surface area contributed by atoms with E-state index in [9.17, 15) is 4.39 Å². The molecule has 1 aromatic carbocycles. The van der Waals surface area contributed by atoms with E-state index in [4.69, 9.17) is 0 Å². The van der Waals surface area contributed by atoms with Gasteiger partial charge in [0.05, 0.1) is 0 Å². The van der Waals surface area contributed by atoms with Crippen molar-refractivity contribution in [1.29, 1.82) is 0 Å². The maximum Gasteiger partial charge on any atom is 0.123 e. The van der Waals surface area contributed by atoms with Crippen molar-refractivity contribution in [3.05, 3.63) is 35.6 Å². The van der Waals surface area contributed by atoms with Crippen molar-refractivity contribution in [2.45, 2.75) is 38.1 Å². The molecule has 2 fully saturated rings. The molecule has 1 N–H and O–H groups in total. The Kier molecular flexibility index (Phi) is 4.69. The number of rotatable bonds is 6. The van der Waals surface area contributed by atoms with E-state index in [1.54, 1.807) is 12.1 Å². The largest absolute Gasteiger partial charge is 0.308 e. The summed E-state index contributed by atoms with van der Waals surface area (Å²) in [5, 5.41) is 3.70. The zero-order valence-corrected chi connectivity index (χ0v) is 12.2. The highest BCUT2D eigenvalue weighted by molar-refractivity contribution is 5.22. The first-order chi connectivity index (χ1) is 9.83. The van der Waals surface area contributed by atoms with Gasteiger partial charge in [0.2, 0.25) is 0 Å². The topological polar surface area (TPSA) is 15.3 Å². The normalized spacial score (nSPS) is 21.9. The molecular weight excluding hydrogens is 251 g/mol. The molecule has 0 spiro atoms. The molecule has 20 heavy (non-hydrogen) atoms. The van der Waals surface area contributed by atoms with E-state index in [0.29, 0.717) is 6.04 Å². The van der Waals surface area contributed by atoms with Crippen molar-refractivity contribution in [3.63, 3.8) is 0 Å². The molecule has 1 aromatic rings. The molecule has 0 bridgehead atoms. The lowest BCUT2D eigenvalue weighted by Crippen LogP contribution is -2.37. The quantitative estimate of drug-likeness (QED) is 0.857. The van der Waals surface area contributed by atoms with Crippen LogP contribution in [0.15, 0.2) is 24.3 Å². The number of hydrogen-bond donors (Lipinski definition) is 1. The van der Waals surface area contributed by atoms with Gasteiger partial charge in [0.25, 0.3) is 0 Å². The first-order valence-corrected chi connectivity index (χ1v) is 8.04. The van der Waals surface area contributed by atoms with Crippen LogP contribution in [0, 0.1) is 11.7 Å². The average molecular weight is 276 g/mol. The van der Waals surface area contributed by atoms with Crippen molar-refractivity contribution in [1.82, 2.24) is 10.2 Å². The zero-order chi connectivity index (χ0) is 13.8. The predicted octanol–water partition coefficient (Wildman–Crippen LogP) is 3.35. The molecule has 0 amide bonds. The van der Waals surface area contributed by atoms with E-state index in [1.807, 2.05) is 12.1 Å². The van der Waals surface area contributed by atoms with Crippen molar-refractivity contribution in [2.24, 2.45) is 5.92 Å². The average Bonchev–Trinajstić information content (AvgIpc) is 3.31. The Hall–Kier alpha value is -0.930. The Morgan fingerprint density at radius 3 is 2.45 bits per heavy atom. The molecule has 1 saturated carbocycles. The van der Waals surface area contributed by atoms with Crippen LogP contribution in [0.4, 0.5) is 4.39 Å². The van der Waals surface area contributed by atoms with Crippen molar-refractivity contribution >= 4 is 0 Å². The molecule has 0 radical (unpaired) electrons. The zero-order valence-electron chi connectivity index (χ0n) is 12.2. The Morgan fingerprint density at radius 1 is 1.10 bits per heavy atom. The summed E-state index contributed by atoms with van der Waals surface area (Å²) >= 11 is 0. The molecule has 1 unspecified atom stereocenters. The smallest absolute Gasteiger partial charge is 0.123 e. The number of likely N-dealkylation sites (tertiary alicyclic amines) is 1. The molecule has 1 aliphatic heterocycles. The van der Waals surface area contributed by atoms with Gasteiger partial charge in [-0.15, -0.1) is 0 Å². The van der Waals surface area contributed by atoms with Gasteiger partial charge in [-0.25, -0.2) is 4.39 Å².